The maximum atomic E-state index is 13.3. The van der Waals surface area contributed by atoms with E-state index in [2.05, 4.69) is 10.3 Å². The van der Waals surface area contributed by atoms with Gasteiger partial charge in [0.1, 0.15) is 4.75 Å². The van der Waals surface area contributed by atoms with Gasteiger partial charge < -0.3 is 5.32 Å². The van der Waals surface area contributed by atoms with Crippen LogP contribution in [0.1, 0.15) is 19.3 Å². The van der Waals surface area contributed by atoms with Gasteiger partial charge >= 0.3 is 0 Å². The van der Waals surface area contributed by atoms with E-state index in [0.29, 0.717) is 12.8 Å². The molecule has 0 saturated heterocycles. The van der Waals surface area contributed by atoms with Crippen molar-refractivity contribution < 1.29 is 12.8 Å². The number of nitrogens with one attached hydrogen (secondary N) is 1. The number of nitrogens with zero attached hydrogens (tertiary/aromatic N) is 1. The van der Waals surface area contributed by atoms with Crippen molar-refractivity contribution in [2.75, 3.05) is 11.9 Å². The molecule has 17 heavy (non-hydrogen) atoms. The molecular weight excluding hydrogens is 245 g/mol. The Hall–Kier alpha value is -1.21. The molecule has 1 saturated carbocycles. The maximum absolute atomic E-state index is 13.3. The lowest BCUT2D eigenvalue weighted by Crippen LogP contribution is -2.53. The number of pyridine rings is 1. The van der Waals surface area contributed by atoms with E-state index in [0.717, 1.165) is 12.6 Å². The number of halogens is 1. The summed E-state index contributed by atoms with van der Waals surface area (Å²) >= 11 is 0. The summed E-state index contributed by atoms with van der Waals surface area (Å²) in [6, 6.07) is 1.46. The summed E-state index contributed by atoms with van der Waals surface area (Å²) in [6.07, 6.45) is 4.39. The third-order valence-corrected chi connectivity index (χ3v) is 5.00. The largest absolute Gasteiger partial charge is 0.381 e. The van der Waals surface area contributed by atoms with Crippen molar-refractivity contribution in [1.82, 2.24) is 4.98 Å². The summed E-state index contributed by atoms with van der Waals surface area (Å²) in [4.78, 5) is 3.61. The minimum absolute atomic E-state index is 0.132. The van der Waals surface area contributed by atoms with E-state index in [4.69, 9.17) is 5.14 Å². The Kier molecular flexibility index (Phi) is 3.05. The average Bonchev–Trinajstić information content (AvgIpc) is 2.16. The first-order valence-corrected chi connectivity index (χ1v) is 6.85. The van der Waals surface area contributed by atoms with E-state index in [9.17, 15) is 12.8 Å². The van der Waals surface area contributed by atoms with Gasteiger partial charge in [-0.1, -0.05) is 6.42 Å². The van der Waals surface area contributed by atoms with Crippen LogP contribution in [0.5, 0.6) is 0 Å². The number of aromatic nitrogens is 1. The minimum atomic E-state index is -3.61. The van der Waals surface area contributed by atoms with Crippen molar-refractivity contribution in [2.45, 2.75) is 24.0 Å². The number of rotatable bonds is 4. The van der Waals surface area contributed by atoms with E-state index >= 15 is 0 Å². The first-order chi connectivity index (χ1) is 7.95. The number of sulfonamides is 1. The van der Waals surface area contributed by atoms with Crippen molar-refractivity contribution in [1.29, 1.82) is 0 Å². The maximum Gasteiger partial charge on any atom is 0.216 e. The average molecular weight is 259 g/mol. The summed E-state index contributed by atoms with van der Waals surface area (Å²) in [5.74, 6) is -0.503. The minimum Gasteiger partial charge on any atom is -0.381 e. The van der Waals surface area contributed by atoms with E-state index in [1.54, 1.807) is 0 Å². The van der Waals surface area contributed by atoms with Crippen molar-refractivity contribution in [3.8, 4) is 0 Å². The highest BCUT2D eigenvalue weighted by Crippen LogP contribution is 2.38. The van der Waals surface area contributed by atoms with Crippen LogP contribution in [0, 0.1) is 5.82 Å². The third-order valence-electron chi connectivity index (χ3n) is 3.24. The van der Waals surface area contributed by atoms with E-state index in [-0.39, 0.29) is 12.2 Å². The van der Waals surface area contributed by atoms with Gasteiger partial charge in [-0.15, -0.1) is 0 Å². The molecule has 0 atom stereocenters. The molecule has 3 N–H and O–H groups in total. The first-order valence-electron chi connectivity index (χ1n) is 5.30. The Morgan fingerprint density at radius 3 is 2.71 bits per heavy atom. The van der Waals surface area contributed by atoms with Crippen LogP contribution in [0.2, 0.25) is 0 Å². The molecule has 7 heteroatoms. The highest BCUT2D eigenvalue weighted by atomic mass is 32.2. The molecule has 5 nitrogen and oxygen atoms in total. The Morgan fingerprint density at radius 1 is 1.53 bits per heavy atom. The molecule has 0 bridgehead atoms. The molecule has 0 aromatic carbocycles. The van der Waals surface area contributed by atoms with E-state index in [1.807, 2.05) is 0 Å². The molecule has 0 spiro atoms. The number of primary sulfonamides is 1. The van der Waals surface area contributed by atoms with E-state index in [1.165, 1.54) is 12.3 Å². The molecule has 0 unspecified atom stereocenters. The van der Waals surface area contributed by atoms with Crippen LogP contribution < -0.4 is 10.5 Å². The van der Waals surface area contributed by atoms with Crippen LogP contribution >= 0.6 is 0 Å². The number of nitrogens with two attached hydrogens (primary N) is 1. The zero-order valence-corrected chi connectivity index (χ0v) is 10.0. The van der Waals surface area contributed by atoms with Gasteiger partial charge in [-0.25, -0.2) is 17.9 Å². The molecular formula is C10H14FN3O2S. The van der Waals surface area contributed by atoms with Crippen LogP contribution in [0.3, 0.4) is 0 Å². The number of anilines is 1. The highest BCUT2D eigenvalue weighted by Gasteiger charge is 2.46. The molecule has 1 aliphatic carbocycles. The molecule has 1 fully saturated rings. The fourth-order valence-electron chi connectivity index (χ4n) is 1.91. The molecule has 0 radical (unpaired) electrons. The van der Waals surface area contributed by atoms with Crippen LogP contribution in [0.15, 0.2) is 18.5 Å². The van der Waals surface area contributed by atoms with Crippen molar-refractivity contribution in [2.24, 2.45) is 5.14 Å². The summed E-state index contributed by atoms with van der Waals surface area (Å²) in [7, 11) is -3.61. The summed E-state index contributed by atoms with van der Waals surface area (Å²) < 4.78 is 35.3. The van der Waals surface area contributed by atoms with Gasteiger partial charge in [-0.3, -0.25) is 4.98 Å². The fraction of sp³-hybridized carbons (Fsp3) is 0.500. The summed E-state index contributed by atoms with van der Waals surface area (Å²) in [6.45, 7) is 0.132. The third kappa shape index (κ3) is 2.25. The topological polar surface area (TPSA) is 85.1 Å². The second kappa shape index (κ2) is 4.23. The van der Waals surface area contributed by atoms with Gasteiger partial charge in [-0.2, -0.15) is 0 Å². The highest BCUT2D eigenvalue weighted by molar-refractivity contribution is 7.90. The molecule has 94 valence electrons. The molecule has 0 aliphatic heterocycles. The lowest BCUT2D eigenvalue weighted by atomic mass is 9.84. The van der Waals surface area contributed by atoms with E-state index < -0.39 is 20.6 Å². The van der Waals surface area contributed by atoms with Gasteiger partial charge in [0.15, 0.2) is 5.82 Å². The molecule has 1 aliphatic rings. The lowest BCUT2D eigenvalue weighted by Gasteiger charge is -2.39. The molecule has 1 heterocycles. The predicted molar refractivity (Wildman–Crippen MR) is 62.4 cm³/mol. The summed E-state index contributed by atoms with van der Waals surface area (Å²) in [5, 5.41) is 7.99. The second-order valence-electron chi connectivity index (χ2n) is 4.29. The molecule has 1 aromatic heterocycles. The van der Waals surface area contributed by atoms with Gasteiger partial charge in [0, 0.05) is 12.7 Å². The van der Waals surface area contributed by atoms with Gasteiger partial charge in [0.05, 0.1) is 11.9 Å². The Morgan fingerprint density at radius 2 is 2.24 bits per heavy atom. The fourth-order valence-corrected chi connectivity index (χ4v) is 3.04. The van der Waals surface area contributed by atoms with Crippen LogP contribution in [-0.2, 0) is 10.0 Å². The normalized spacial score (nSPS) is 18.5. The van der Waals surface area contributed by atoms with Crippen molar-refractivity contribution >= 4 is 15.7 Å². The number of hydrogen-bond donors (Lipinski definition) is 2. The van der Waals surface area contributed by atoms with Crippen LogP contribution in [0.25, 0.3) is 0 Å². The predicted octanol–water partition coefficient (Wildman–Crippen LogP) is 0.844. The van der Waals surface area contributed by atoms with Gasteiger partial charge in [0.2, 0.25) is 10.0 Å². The van der Waals surface area contributed by atoms with Crippen molar-refractivity contribution in [3.63, 3.8) is 0 Å². The van der Waals surface area contributed by atoms with Gasteiger partial charge in [0.25, 0.3) is 0 Å². The summed E-state index contributed by atoms with van der Waals surface area (Å²) in [5.41, 5.74) is 0.245. The van der Waals surface area contributed by atoms with Gasteiger partial charge in [-0.05, 0) is 18.9 Å². The first kappa shape index (κ1) is 12.3. The Labute approximate surface area is 99.3 Å². The molecule has 2 rings (SSSR count). The Bertz CT molecular complexity index is 514. The molecule has 0 amide bonds. The van der Waals surface area contributed by atoms with Crippen molar-refractivity contribution in [3.05, 3.63) is 24.3 Å². The standard InChI is InChI=1S/C10H14FN3O2S/c11-8-6-13-5-2-9(8)14-7-10(3-1-4-10)17(12,15)16/h2,5-6H,1,3-4,7H2,(H,13,14)(H2,12,15,16). The monoisotopic (exact) mass is 259 g/mol. The smallest absolute Gasteiger partial charge is 0.216 e. The van der Waals surface area contributed by atoms with Crippen LogP contribution in [-0.4, -0.2) is 24.7 Å². The second-order valence-corrected chi connectivity index (χ2v) is 6.25. The number of hydrogen-bond acceptors (Lipinski definition) is 4. The zero-order valence-electron chi connectivity index (χ0n) is 9.19. The molecule has 1 aromatic rings. The Balaban J connectivity index is 2.10. The SMILES string of the molecule is NS(=O)(=O)C1(CNc2ccncc2F)CCC1. The lowest BCUT2D eigenvalue weighted by molar-refractivity contribution is 0.351. The quantitative estimate of drug-likeness (QED) is 0.839. The zero-order chi connectivity index (χ0) is 12.5. The van der Waals surface area contributed by atoms with Crippen LogP contribution in [0.4, 0.5) is 10.1 Å².